The molecule has 0 spiro atoms. The third-order valence-electron chi connectivity index (χ3n) is 1.62. The lowest BCUT2D eigenvalue weighted by Gasteiger charge is -2.22. The summed E-state index contributed by atoms with van der Waals surface area (Å²) in [6.07, 6.45) is 3.77. The van der Waals surface area contributed by atoms with E-state index in [0.29, 0.717) is 0 Å². The van der Waals surface area contributed by atoms with E-state index in [1.807, 2.05) is 0 Å². The summed E-state index contributed by atoms with van der Waals surface area (Å²) in [5.41, 5.74) is 5.44. The van der Waals surface area contributed by atoms with Gasteiger partial charge in [0.15, 0.2) is 0 Å². The fraction of sp³-hybridized carbons (Fsp3) is 0.833. The summed E-state index contributed by atoms with van der Waals surface area (Å²) in [4.78, 5) is 0. The molecule has 1 atom stereocenters. The quantitative estimate of drug-likeness (QED) is 0.479. The second-order valence-corrected chi connectivity index (χ2v) is 2.34. The Balaban J connectivity index is 2.28. The maximum Gasteiger partial charge on any atom is 0.0738 e. The first-order chi connectivity index (χ1) is 3.80. The van der Waals surface area contributed by atoms with Crippen LogP contribution in [0.2, 0.25) is 0 Å². The lowest BCUT2D eigenvalue weighted by Crippen LogP contribution is -2.28. The highest BCUT2D eigenvalue weighted by Gasteiger charge is 2.18. The SMILES string of the molecule is N[C]1CCCCC1O. The summed E-state index contributed by atoms with van der Waals surface area (Å²) in [6, 6.07) is 0.774. The number of nitrogens with two attached hydrogens (primary N) is 1. The fourth-order valence-corrected chi connectivity index (χ4v) is 1.02. The molecule has 1 aliphatic carbocycles. The van der Waals surface area contributed by atoms with Crippen LogP contribution >= 0.6 is 0 Å². The van der Waals surface area contributed by atoms with E-state index in [1.54, 1.807) is 0 Å². The Morgan fingerprint density at radius 1 is 1.50 bits per heavy atom. The van der Waals surface area contributed by atoms with Gasteiger partial charge in [0.1, 0.15) is 0 Å². The number of hydrogen-bond donors (Lipinski definition) is 2. The minimum Gasteiger partial charge on any atom is -0.391 e. The molecule has 47 valence electrons. The van der Waals surface area contributed by atoms with Gasteiger partial charge in [-0.25, -0.2) is 0 Å². The first-order valence-corrected chi connectivity index (χ1v) is 3.10. The molecule has 0 saturated heterocycles. The first-order valence-electron chi connectivity index (χ1n) is 3.10. The van der Waals surface area contributed by atoms with Gasteiger partial charge in [-0.3, -0.25) is 0 Å². The van der Waals surface area contributed by atoms with Crippen molar-refractivity contribution in [3.8, 4) is 0 Å². The van der Waals surface area contributed by atoms with Crippen molar-refractivity contribution < 1.29 is 5.11 Å². The van der Waals surface area contributed by atoms with Gasteiger partial charge in [-0.15, -0.1) is 0 Å². The van der Waals surface area contributed by atoms with E-state index < -0.39 is 0 Å². The van der Waals surface area contributed by atoms with E-state index in [9.17, 15) is 0 Å². The molecule has 1 rings (SSSR count). The molecule has 0 bridgehead atoms. The molecule has 8 heavy (non-hydrogen) atoms. The Morgan fingerprint density at radius 3 is 2.62 bits per heavy atom. The lowest BCUT2D eigenvalue weighted by atomic mass is 9.94. The second kappa shape index (κ2) is 2.46. The molecule has 2 heteroatoms. The number of rotatable bonds is 0. The lowest BCUT2D eigenvalue weighted by molar-refractivity contribution is 0.149. The van der Waals surface area contributed by atoms with Crippen molar-refractivity contribution in [2.24, 2.45) is 5.73 Å². The van der Waals surface area contributed by atoms with Crippen LogP contribution in [-0.2, 0) is 0 Å². The Morgan fingerprint density at radius 2 is 2.25 bits per heavy atom. The second-order valence-electron chi connectivity index (χ2n) is 2.34. The minimum atomic E-state index is -0.302. The maximum absolute atomic E-state index is 9.02. The molecule has 0 aromatic carbocycles. The largest absolute Gasteiger partial charge is 0.391 e. The van der Waals surface area contributed by atoms with Crippen molar-refractivity contribution in [3.63, 3.8) is 0 Å². The average molecular weight is 114 g/mol. The van der Waals surface area contributed by atoms with Crippen LogP contribution in [0.25, 0.3) is 0 Å². The van der Waals surface area contributed by atoms with Crippen LogP contribution in [-0.4, -0.2) is 11.2 Å². The molecular weight excluding hydrogens is 102 g/mol. The first kappa shape index (κ1) is 6.05. The van der Waals surface area contributed by atoms with Crippen LogP contribution < -0.4 is 5.73 Å². The molecule has 1 fully saturated rings. The molecule has 1 unspecified atom stereocenters. The molecule has 0 aromatic heterocycles. The molecule has 2 nitrogen and oxygen atoms in total. The summed E-state index contributed by atoms with van der Waals surface area (Å²) < 4.78 is 0. The smallest absolute Gasteiger partial charge is 0.0738 e. The highest BCUT2D eigenvalue weighted by atomic mass is 16.3. The predicted octanol–water partition coefficient (Wildman–Crippen LogP) is 0.412. The molecule has 0 aliphatic heterocycles. The van der Waals surface area contributed by atoms with E-state index in [4.69, 9.17) is 10.8 Å². The van der Waals surface area contributed by atoms with Crippen LogP contribution in [0.15, 0.2) is 0 Å². The zero-order valence-corrected chi connectivity index (χ0v) is 4.93. The van der Waals surface area contributed by atoms with Crippen LogP contribution in [0.4, 0.5) is 0 Å². The molecule has 0 heterocycles. The maximum atomic E-state index is 9.02. The third kappa shape index (κ3) is 1.20. The van der Waals surface area contributed by atoms with Gasteiger partial charge in [0.25, 0.3) is 0 Å². The van der Waals surface area contributed by atoms with E-state index >= 15 is 0 Å². The minimum absolute atomic E-state index is 0.302. The zero-order chi connectivity index (χ0) is 5.98. The molecule has 0 amide bonds. The van der Waals surface area contributed by atoms with Crippen molar-refractivity contribution in [1.29, 1.82) is 0 Å². The summed E-state index contributed by atoms with van der Waals surface area (Å²) in [5.74, 6) is 0. The molecule has 1 radical (unpaired) electrons. The van der Waals surface area contributed by atoms with Crippen LogP contribution in [0, 0.1) is 6.04 Å². The number of aliphatic hydroxyl groups excluding tert-OH is 1. The Kier molecular flexibility index (Phi) is 1.86. The van der Waals surface area contributed by atoms with Gasteiger partial charge in [-0.1, -0.05) is 12.8 Å². The van der Waals surface area contributed by atoms with Gasteiger partial charge in [0, 0.05) is 0 Å². The Labute approximate surface area is 49.7 Å². The van der Waals surface area contributed by atoms with E-state index in [2.05, 4.69) is 0 Å². The van der Waals surface area contributed by atoms with Crippen molar-refractivity contribution in [1.82, 2.24) is 0 Å². The standard InChI is InChI=1S/C6H12NO/c7-5-3-1-2-4-6(5)8/h6,8H,1-4,7H2. The molecular formula is C6H12NO. The summed E-state index contributed by atoms with van der Waals surface area (Å²) >= 11 is 0. The van der Waals surface area contributed by atoms with Crippen LogP contribution in [0.1, 0.15) is 25.7 Å². The molecule has 1 aliphatic rings. The van der Waals surface area contributed by atoms with E-state index in [0.717, 1.165) is 31.7 Å². The normalized spacial score (nSPS) is 33.0. The Bertz CT molecular complexity index is 64.9. The van der Waals surface area contributed by atoms with Crippen molar-refractivity contribution in [2.75, 3.05) is 0 Å². The summed E-state index contributed by atoms with van der Waals surface area (Å²) in [6.45, 7) is 0. The molecule has 3 N–H and O–H groups in total. The van der Waals surface area contributed by atoms with E-state index in [-0.39, 0.29) is 6.10 Å². The molecule has 0 aromatic rings. The highest BCUT2D eigenvalue weighted by molar-refractivity contribution is 4.93. The average Bonchev–Trinajstić information content (AvgIpc) is 1.77. The van der Waals surface area contributed by atoms with Crippen LogP contribution in [0.3, 0.4) is 0 Å². The van der Waals surface area contributed by atoms with Gasteiger partial charge in [-0.05, 0) is 12.8 Å². The topological polar surface area (TPSA) is 46.2 Å². The highest BCUT2D eigenvalue weighted by Crippen LogP contribution is 2.20. The summed E-state index contributed by atoms with van der Waals surface area (Å²) in [7, 11) is 0. The van der Waals surface area contributed by atoms with Crippen molar-refractivity contribution in [2.45, 2.75) is 31.8 Å². The van der Waals surface area contributed by atoms with Gasteiger partial charge in [0.05, 0.1) is 12.1 Å². The fourth-order valence-electron chi connectivity index (χ4n) is 1.02. The zero-order valence-electron chi connectivity index (χ0n) is 4.93. The van der Waals surface area contributed by atoms with E-state index in [1.165, 1.54) is 0 Å². The van der Waals surface area contributed by atoms with Crippen molar-refractivity contribution >= 4 is 0 Å². The predicted molar refractivity (Wildman–Crippen MR) is 31.9 cm³/mol. The number of aliphatic hydroxyl groups is 1. The monoisotopic (exact) mass is 114 g/mol. The van der Waals surface area contributed by atoms with Crippen molar-refractivity contribution in [3.05, 3.63) is 6.04 Å². The van der Waals surface area contributed by atoms with Gasteiger partial charge in [0.2, 0.25) is 0 Å². The van der Waals surface area contributed by atoms with Crippen LogP contribution in [0.5, 0.6) is 0 Å². The third-order valence-corrected chi connectivity index (χ3v) is 1.62. The summed E-state index contributed by atoms with van der Waals surface area (Å²) in [5, 5.41) is 9.02. The Hall–Kier alpha value is -0.0800. The molecule has 1 saturated carbocycles. The van der Waals surface area contributed by atoms with Gasteiger partial charge >= 0.3 is 0 Å². The van der Waals surface area contributed by atoms with Gasteiger partial charge in [-0.2, -0.15) is 0 Å². The van der Waals surface area contributed by atoms with Gasteiger partial charge < -0.3 is 10.8 Å². The number of hydrogen-bond acceptors (Lipinski definition) is 2.